The molecule has 0 amide bonds. The quantitative estimate of drug-likeness (QED) is 0.0509. The number of benzene rings is 6. The molecule has 12 nitrogen and oxygen atoms in total. The lowest BCUT2D eigenvalue weighted by Crippen LogP contribution is -2.63. The molecule has 0 N–H and O–H groups in total. The van der Waals surface area contributed by atoms with Gasteiger partial charge < -0.3 is 52.1 Å². The van der Waals surface area contributed by atoms with E-state index in [0.717, 1.165) is 33.4 Å². The molecule has 10 atom stereocenters. The number of esters is 1. The fourth-order valence-electron chi connectivity index (χ4n) is 8.73. The van der Waals surface area contributed by atoms with Crippen LogP contribution in [0.25, 0.3) is 0 Å². The minimum atomic E-state index is -1.03. The molecule has 0 saturated carbocycles. The Morgan fingerprint density at radius 3 is 1.16 bits per heavy atom. The predicted molar refractivity (Wildman–Crippen MR) is 262 cm³/mol. The Balaban J connectivity index is 1.12. The van der Waals surface area contributed by atoms with Crippen molar-refractivity contribution >= 4 is 5.97 Å². The molecular formula is C58H64O12. The number of methoxy groups -OCH3 is 1. The summed E-state index contributed by atoms with van der Waals surface area (Å²) in [7, 11) is 1.59. The molecule has 2 saturated heterocycles. The van der Waals surface area contributed by atoms with Gasteiger partial charge in [0.05, 0.1) is 77.6 Å². The molecule has 0 bridgehead atoms. The molecule has 0 spiro atoms. The molecule has 0 unspecified atom stereocenters. The normalized spacial score (nSPS) is 24.5. The summed E-state index contributed by atoms with van der Waals surface area (Å²) < 4.78 is 73.3. The van der Waals surface area contributed by atoms with E-state index in [9.17, 15) is 4.79 Å². The molecule has 2 fully saturated rings. The van der Waals surface area contributed by atoms with E-state index in [1.54, 1.807) is 7.11 Å². The van der Waals surface area contributed by atoms with Crippen LogP contribution in [-0.2, 0) is 96.5 Å². The van der Waals surface area contributed by atoms with Crippen molar-refractivity contribution < 1.29 is 56.9 Å². The Labute approximate surface area is 411 Å². The first kappa shape index (κ1) is 50.8. The minimum absolute atomic E-state index is 0.00642. The SMILES string of the molecule is CO[C@H]1O[C@H](CO[C@@H]2O[C@H](COCc3ccccc3)[C@@H](COC(C)=O)[C@H](OCc3ccccc3)[C@H]2OCc2ccccc2)[C@@H](OCc2ccccc2)[C@H](OCc2ccccc2)[C@H]1OCc1ccccc1. The maximum atomic E-state index is 12.5. The van der Waals surface area contributed by atoms with Gasteiger partial charge >= 0.3 is 5.97 Å². The third-order valence-electron chi connectivity index (χ3n) is 12.3. The van der Waals surface area contributed by atoms with E-state index < -0.39 is 67.2 Å². The zero-order valence-corrected chi connectivity index (χ0v) is 39.9. The maximum absolute atomic E-state index is 12.5. The molecular weight excluding hydrogens is 889 g/mol. The highest BCUT2D eigenvalue weighted by Crippen LogP contribution is 2.36. The molecule has 2 aliphatic rings. The fourth-order valence-corrected chi connectivity index (χ4v) is 8.73. The van der Waals surface area contributed by atoms with Gasteiger partial charge in [0.15, 0.2) is 12.6 Å². The van der Waals surface area contributed by atoms with Crippen LogP contribution in [0.4, 0.5) is 0 Å². The third-order valence-corrected chi connectivity index (χ3v) is 12.3. The smallest absolute Gasteiger partial charge is 0.302 e. The summed E-state index contributed by atoms with van der Waals surface area (Å²) >= 11 is 0. The first-order chi connectivity index (χ1) is 34.5. The maximum Gasteiger partial charge on any atom is 0.302 e. The van der Waals surface area contributed by atoms with Crippen LogP contribution in [0.2, 0.25) is 0 Å². The number of carbonyl (C=O) groups excluding carboxylic acids is 1. The van der Waals surface area contributed by atoms with Crippen molar-refractivity contribution in [1.82, 2.24) is 0 Å². The van der Waals surface area contributed by atoms with Gasteiger partial charge in [-0.3, -0.25) is 4.79 Å². The van der Waals surface area contributed by atoms with E-state index in [1.807, 2.05) is 182 Å². The fraction of sp³-hybridized carbons (Fsp3) is 0.362. The largest absolute Gasteiger partial charge is 0.465 e. The summed E-state index contributed by atoms with van der Waals surface area (Å²) in [5, 5.41) is 0. The second-order valence-electron chi connectivity index (χ2n) is 17.4. The third kappa shape index (κ3) is 15.0. The number of ether oxygens (including phenoxy) is 11. The number of carbonyl (C=O) groups is 1. The summed E-state index contributed by atoms with van der Waals surface area (Å²) in [6, 6.07) is 59.6. The second-order valence-corrected chi connectivity index (χ2v) is 17.4. The van der Waals surface area contributed by atoms with E-state index in [1.165, 1.54) is 6.92 Å². The molecule has 0 aromatic heterocycles. The van der Waals surface area contributed by atoms with Crippen LogP contribution in [0, 0.1) is 5.92 Å². The van der Waals surface area contributed by atoms with Gasteiger partial charge in [-0.15, -0.1) is 0 Å². The highest BCUT2D eigenvalue weighted by atomic mass is 16.7. The molecule has 6 aromatic carbocycles. The molecule has 2 heterocycles. The van der Waals surface area contributed by atoms with Gasteiger partial charge in [-0.25, -0.2) is 0 Å². The van der Waals surface area contributed by atoms with Crippen molar-refractivity contribution in [3.8, 4) is 0 Å². The van der Waals surface area contributed by atoms with Crippen molar-refractivity contribution in [1.29, 1.82) is 0 Å². The van der Waals surface area contributed by atoms with Gasteiger partial charge in [0.1, 0.15) is 30.5 Å². The van der Waals surface area contributed by atoms with E-state index in [0.29, 0.717) is 6.61 Å². The highest BCUT2D eigenvalue weighted by molar-refractivity contribution is 5.65. The van der Waals surface area contributed by atoms with Gasteiger partial charge in [-0.05, 0) is 33.4 Å². The molecule has 12 heteroatoms. The lowest BCUT2D eigenvalue weighted by Gasteiger charge is -2.48. The number of hydrogen-bond acceptors (Lipinski definition) is 12. The van der Waals surface area contributed by atoms with Gasteiger partial charge in [-0.1, -0.05) is 182 Å². The second kappa shape index (κ2) is 27.1. The average molecular weight is 953 g/mol. The Bertz CT molecular complexity index is 2360. The molecule has 2 aliphatic heterocycles. The topological polar surface area (TPSA) is 119 Å². The molecule has 0 aliphatic carbocycles. The summed E-state index contributed by atoms with van der Waals surface area (Å²) in [4.78, 5) is 12.5. The number of hydrogen-bond donors (Lipinski definition) is 0. The molecule has 8 rings (SSSR count). The first-order valence-electron chi connectivity index (χ1n) is 24.0. The standard InChI is InChI=1S/C58H64O12/c1-42(59)62-39-49-50(40-61-33-43-21-9-3-10-22-43)69-58(55(66-37-47-29-17-7-18-30-47)52(49)63-34-44-23-11-4-12-24-44)68-41-51-53(64-35-45-25-13-5-14-26-45)54(65-36-46-27-15-6-16-28-46)56(57(60-2)70-51)67-38-48-31-19-8-20-32-48/h3-32,49-58H,33-41H2,1-2H3/t49-,50-,51-,52+,53-,54+,55-,56-,57+,58-/m1/s1. The van der Waals surface area contributed by atoms with Crippen LogP contribution in [0.5, 0.6) is 0 Å². The van der Waals surface area contributed by atoms with Gasteiger partial charge in [0, 0.05) is 14.0 Å². The zero-order valence-electron chi connectivity index (χ0n) is 39.9. The highest BCUT2D eigenvalue weighted by Gasteiger charge is 2.52. The van der Waals surface area contributed by atoms with Crippen LogP contribution < -0.4 is 0 Å². The van der Waals surface area contributed by atoms with E-state index in [4.69, 9.17) is 52.1 Å². The molecule has 6 aromatic rings. The lowest BCUT2D eigenvalue weighted by molar-refractivity contribution is -0.346. The van der Waals surface area contributed by atoms with Crippen LogP contribution in [0.3, 0.4) is 0 Å². The van der Waals surface area contributed by atoms with Crippen molar-refractivity contribution in [3.05, 3.63) is 215 Å². The summed E-state index contributed by atoms with van der Waals surface area (Å²) in [6.07, 6.45) is -6.97. The molecule has 0 radical (unpaired) electrons. The Hall–Kier alpha value is -5.61. The van der Waals surface area contributed by atoms with Crippen molar-refractivity contribution in [2.24, 2.45) is 5.92 Å². The average Bonchev–Trinajstić information content (AvgIpc) is 3.41. The van der Waals surface area contributed by atoms with Crippen LogP contribution in [0.15, 0.2) is 182 Å². The summed E-state index contributed by atoms with van der Waals surface area (Å²) in [6.45, 7) is 3.12. The Morgan fingerprint density at radius 1 is 0.386 bits per heavy atom. The predicted octanol–water partition coefficient (Wildman–Crippen LogP) is 9.42. The Kier molecular flexibility index (Phi) is 19.7. The lowest BCUT2D eigenvalue weighted by atomic mass is 9.89. The van der Waals surface area contributed by atoms with Crippen LogP contribution in [-0.4, -0.2) is 88.2 Å². The van der Waals surface area contributed by atoms with Crippen molar-refractivity contribution in [3.63, 3.8) is 0 Å². The van der Waals surface area contributed by atoms with Gasteiger partial charge in [0.2, 0.25) is 0 Å². The van der Waals surface area contributed by atoms with E-state index in [2.05, 4.69) is 0 Å². The van der Waals surface area contributed by atoms with Crippen molar-refractivity contribution in [2.75, 3.05) is 26.9 Å². The Morgan fingerprint density at radius 2 is 0.743 bits per heavy atom. The van der Waals surface area contributed by atoms with E-state index in [-0.39, 0.29) is 52.9 Å². The first-order valence-corrected chi connectivity index (χ1v) is 24.0. The van der Waals surface area contributed by atoms with Crippen LogP contribution >= 0.6 is 0 Å². The van der Waals surface area contributed by atoms with Gasteiger partial charge in [0.25, 0.3) is 0 Å². The molecule has 368 valence electrons. The van der Waals surface area contributed by atoms with E-state index >= 15 is 0 Å². The van der Waals surface area contributed by atoms with Crippen LogP contribution in [0.1, 0.15) is 40.3 Å². The monoisotopic (exact) mass is 952 g/mol. The number of rotatable bonds is 25. The molecule has 70 heavy (non-hydrogen) atoms. The summed E-state index contributed by atoms with van der Waals surface area (Å²) in [5.41, 5.74) is 5.85. The zero-order chi connectivity index (χ0) is 48.2. The minimum Gasteiger partial charge on any atom is -0.465 e. The summed E-state index contributed by atoms with van der Waals surface area (Å²) in [5.74, 6) is -0.947. The van der Waals surface area contributed by atoms with Crippen molar-refractivity contribution in [2.45, 2.75) is 102 Å². The van der Waals surface area contributed by atoms with Gasteiger partial charge in [-0.2, -0.15) is 0 Å².